The Morgan fingerprint density at radius 1 is 1.05 bits per heavy atom. The average Bonchev–Trinajstić information content (AvgIpc) is 2.45. The number of aryl methyl sites for hydroxylation is 1. The van der Waals surface area contributed by atoms with Gasteiger partial charge in [-0.2, -0.15) is 0 Å². The summed E-state index contributed by atoms with van der Waals surface area (Å²) < 4.78 is 0. The summed E-state index contributed by atoms with van der Waals surface area (Å²) >= 11 is 0. The molecule has 0 aromatic heterocycles. The lowest BCUT2D eigenvalue weighted by molar-refractivity contribution is 0.341. The Labute approximate surface area is 118 Å². The molecule has 1 heteroatoms. The summed E-state index contributed by atoms with van der Waals surface area (Å²) in [6.07, 6.45) is 12.2. The molecule has 0 aliphatic heterocycles. The lowest BCUT2D eigenvalue weighted by Gasteiger charge is -2.31. The van der Waals surface area contributed by atoms with Crippen molar-refractivity contribution in [3.63, 3.8) is 0 Å². The highest BCUT2D eigenvalue weighted by atomic mass is 14.7. The molecule has 0 saturated carbocycles. The van der Waals surface area contributed by atoms with E-state index in [-0.39, 0.29) is 6.04 Å². The molecule has 0 amide bonds. The second kappa shape index (κ2) is 7.69. The fourth-order valence-corrected chi connectivity index (χ4v) is 3.37. The molecule has 19 heavy (non-hydrogen) atoms. The summed E-state index contributed by atoms with van der Waals surface area (Å²) in [6, 6.07) is 9.02. The van der Waals surface area contributed by atoms with Gasteiger partial charge < -0.3 is 5.73 Å². The maximum atomic E-state index is 6.45. The number of hydrogen-bond acceptors (Lipinski definition) is 1. The minimum atomic E-state index is 0.278. The summed E-state index contributed by atoms with van der Waals surface area (Å²) in [5, 5.41) is 0. The van der Waals surface area contributed by atoms with Crippen LogP contribution in [0.1, 0.15) is 75.5 Å². The number of rotatable bonds is 7. The van der Waals surface area contributed by atoms with Crippen molar-refractivity contribution in [3.8, 4) is 0 Å². The minimum Gasteiger partial charge on any atom is -0.324 e. The van der Waals surface area contributed by atoms with Crippen molar-refractivity contribution in [2.45, 2.75) is 70.8 Å². The second-order valence-electron chi connectivity index (χ2n) is 6.08. The van der Waals surface area contributed by atoms with Crippen LogP contribution in [0.2, 0.25) is 0 Å². The molecule has 106 valence electrons. The molecule has 2 unspecified atom stereocenters. The predicted molar refractivity (Wildman–Crippen MR) is 83.2 cm³/mol. The molecule has 1 aromatic rings. The molecule has 2 rings (SSSR count). The molecule has 1 aromatic carbocycles. The molecule has 0 saturated heterocycles. The van der Waals surface area contributed by atoms with Gasteiger partial charge in [0.15, 0.2) is 0 Å². The minimum absolute atomic E-state index is 0.278. The van der Waals surface area contributed by atoms with Gasteiger partial charge in [-0.1, -0.05) is 69.7 Å². The van der Waals surface area contributed by atoms with Crippen LogP contribution < -0.4 is 5.73 Å². The van der Waals surface area contributed by atoms with Crippen LogP contribution in [0, 0.1) is 5.92 Å². The molecular formula is C18H29N. The number of fused-ring (bicyclic) bond motifs is 1. The monoisotopic (exact) mass is 259 g/mol. The van der Waals surface area contributed by atoms with Gasteiger partial charge in [-0.15, -0.1) is 0 Å². The van der Waals surface area contributed by atoms with E-state index in [0.29, 0.717) is 5.92 Å². The Morgan fingerprint density at radius 3 is 2.63 bits per heavy atom. The fraction of sp³-hybridized carbons (Fsp3) is 0.667. The van der Waals surface area contributed by atoms with Crippen LogP contribution in [0.15, 0.2) is 24.3 Å². The molecule has 0 bridgehead atoms. The van der Waals surface area contributed by atoms with Crippen LogP contribution in [-0.2, 0) is 6.42 Å². The van der Waals surface area contributed by atoms with Gasteiger partial charge >= 0.3 is 0 Å². The van der Waals surface area contributed by atoms with Crippen molar-refractivity contribution in [1.82, 2.24) is 0 Å². The molecule has 0 fully saturated rings. The maximum absolute atomic E-state index is 6.45. The van der Waals surface area contributed by atoms with E-state index in [4.69, 9.17) is 5.73 Å². The number of nitrogens with two attached hydrogens (primary N) is 1. The van der Waals surface area contributed by atoms with Crippen LogP contribution in [0.3, 0.4) is 0 Å². The number of benzene rings is 1. The summed E-state index contributed by atoms with van der Waals surface area (Å²) in [6.45, 7) is 2.28. The van der Waals surface area contributed by atoms with E-state index >= 15 is 0 Å². The van der Waals surface area contributed by atoms with E-state index in [1.54, 1.807) is 0 Å². The van der Waals surface area contributed by atoms with E-state index in [0.717, 1.165) is 0 Å². The zero-order chi connectivity index (χ0) is 13.5. The van der Waals surface area contributed by atoms with Gasteiger partial charge in [0, 0.05) is 6.04 Å². The Hall–Kier alpha value is -0.820. The van der Waals surface area contributed by atoms with E-state index in [9.17, 15) is 0 Å². The highest BCUT2D eigenvalue weighted by Gasteiger charge is 2.25. The van der Waals surface area contributed by atoms with Crippen molar-refractivity contribution in [2.24, 2.45) is 11.7 Å². The zero-order valence-corrected chi connectivity index (χ0v) is 12.4. The first kappa shape index (κ1) is 14.6. The average molecular weight is 259 g/mol. The Bertz CT molecular complexity index is 372. The lowest BCUT2D eigenvalue weighted by Crippen LogP contribution is -2.27. The quantitative estimate of drug-likeness (QED) is 0.685. The molecule has 1 nitrogen and oxygen atoms in total. The Kier molecular flexibility index (Phi) is 5.91. The van der Waals surface area contributed by atoms with Gasteiger partial charge in [0.1, 0.15) is 0 Å². The third kappa shape index (κ3) is 4.07. The third-order valence-corrected chi connectivity index (χ3v) is 4.64. The van der Waals surface area contributed by atoms with Gasteiger partial charge in [-0.3, -0.25) is 0 Å². The first-order valence-electron chi connectivity index (χ1n) is 8.16. The number of hydrogen-bond donors (Lipinski definition) is 1. The van der Waals surface area contributed by atoms with E-state index in [1.165, 1.54) is 68.9 Å². The molecule has 2 atom stereocenters. The van der Waals surface area contributed by atoms with Crippen molar-refractivity contribution in [2.75, 3.05) is 0 Å². The highest BCUT2D eigenvalue weighted by Crippen LogP contribution is 2.35. The van der Waals surface area contributed by atoms with Crippen LogP contribution in [0.25, 0.3) is 0 Å². The second-order valence-corrected chi connectivity index (χ2v) is 6.08. The fourth-order valence-electron chi connectivity index (χ4n) is 3.37. The molecule has 0 spiro atoms. The van der Waals surface area contributed by atoms with Crippen molar-refractivity contribution in [1.29, 1.82) is 0 Å². The molecular weight excluding hydrogens is 230 g/mol. The number of unbranched alkanes of at least 4 members (excludes halogenated alkanes) is 5. The normalized spacial score (nSPS) is 22.2. The zero-order valence-electron chi connectivity index (χ0n) is 12.4. The molecule has 1 aliphatic carbocycles. The van der Waals surface area contributed by atoms with E-state index in [2.05, 4.69) is 31.2 Å². The lowest BCUT2D eigenvalue weighted by atomic mass is 9.78. The van der Waals surface area contributed by atoms with Crippen molar-refractivity contribution < 1.29 is 0 Å². The van der Waals surface area contributed by atoms with Crippen LogP contribution in [0.4, 0.5) is 0 Å². The van der Waals surface area contributed by atoms with Gasteiger partial charge in [0.05, 0.1) is 0 Å². The van der Waals surface area contributed by atoms with Crippen LogP contribution in [0.5, 0.6) is 0 Å². The third-order valence-electron chi connectivity index (χ3n) is 4.64. The maximum Gasteiger partial charge on any atom is 0.0326 e. The van der Waals surface area contributed by atoms with E-state index in [1.807, 2.05) is 0 Å². The largest absolute Gasteiger partial charge is 0.324 e. The highest BCUT2D eigenvalue weighted by molar-refractivity contribution is 5.32. The first-order valence-corrected chi connectivity index (χ1v) is 8.16. The van der Waals surface area contributed by atoms with Gasteiger partial charge in [0.25, 0.3) is 0 Å². The molecule has 2 N–H and O–H groups in total. The SMILES string of the molecule is CCCCCCCCC1CCc2ccccc2C1N. The summed E-state index contributed by atoms with van der Waals surface area (Å²) in [4.78, 5) is 0. The summed E-state index contributed by atoms with van der Waals surface area (Å²) in [5.41, 5.74) is 9.34. The first-order chi connectivity index (χ1) is 9.33. The molecule has 0 heterocycles. The van der Waals surface area contributed by atoms with Crippen LogP contribution in [-0.4, -0.2) is 0 Å². The van der Waals surface area contributed by atoms with Crippen molar-refractivity contribution in [3.05, 3.63) is 35.4 Å². The predicted octanol–water partition coefficient (Wildman–Crippen LogP) is 5.00. The van der Waals surface area contributed by atoms with Gasteiger partial charge in [-0.05, 0) is 36.3 Å². The van der Waals surface area contributed by atoms with Crippen LogP contribution >= 0.6 is 0 Å². The topological polar surface area (TPSA) is 26.0 Å². The Morgan fingerprint density at radius 2 is 1.79 bits per heavy atom. The van der Waals surface area contributed by atoms with E-state index < -0.39 is 0 Å². The van der Waals surface area contributed by atoms with Gasteiger partial charge in [0.2, 0.25) is 0 Å². The standard InChI is InChI=1S/C18H29N/c1-2-3-4-5-6-7-11-16-14-13-15-10-8-9-12-17(15)18(16)19/h8-10,12,16,18H,2-7,11,13-14,19H2,1H3. The molecule has 1 aliphatic rings. The van der Waals surface area contributed by atoms with Crippen molar-refractivity contribution >= 4 is 0 Å². The molecule has 0 radical (unpaired) electrons. The Balaban J connectivity index is 1.74. The summed E-state index contributed by atoms with van der Waals surface area (Å²) in [5.74, 6) is 0.709. The van der Waals surface area contributed by atoms with Gasteiger partial charge in [-0.25, -0.2) is 0 Å². The smallest absolute Gasteiger partial charge is 0.0326 e. The summed E-state index contributed by atoms with van der Waals surface area (Å²) in [7, 11) is 0.